The fourth-order valence-electron chi connectivity index (χ4n) is 5.04. The number of aliphatic imine (C=N–C) groups is 1. The van der Waals surface area contributed by atoms with Crippen LogP contribution in [0.2, 0.25) is 0 Å². The first-order valence-electron chi connectivity index (χ1n) is 17.1. The summed E-state index contributed by atoms with van der Waals surface area (Å²) in [4.78, 5) is 69.6. The lowest BCUT2D eigenvalue weighted by molar-refractivity contribution is -0.142. The topological polar surface area (TPSA) is 316 Å². The molecule has 4 amide bonds. The fourth-order valence-corrected chi connectivity index (χ4v) is 5.04. The Bertz CT molecular complexity index is 1240. The van der Waals surface area contributed by atoms with Crippen LogP contribution in [-0.4, -0.2) is 95.6 Å². The van der Waals surface area contributed by atoms with Crippen molar-refractivity contribution < 1.29 is 34.2 Å². The van der Waals surface area contributed by atoms with Gasteiger partial charge in [-0.25, -0.2) is 4.79 Å². The molecule has 50 heavy (non-hydrogen) atoms. The van der Waals surface area contributed by atoms with Crippen LogP contribution in [0.1, 0.15) is 77.2 Å². The maximum atomic E-state index is 13.8. The molecule has 17 nitrogen and oxygen atoms in total. The number of aliphatic carboxylic acids is 1. The van der Waals surface area contributed by atoms with E-state index < -0.39 is 59.8 Å². The van der Waals surface area contributed by atoms with Gasteiger partial charge in [0.05, 0.1) is 6.04 Å². The number of hydrogen-bond acceptors (Lipinski definition) is 10. The molecule has 0 aliphatic heterocycles. The van der Waals surface area contributed by atoms with Crippen molar-refractivity contribution in [3.63, 3.8) is 0 Å². The number of rotatable bonds is 25. The van der Waals surface area contributed by atoms with Crippen LogP contribution >= 0.6 is 0 Å². The van der Waals surface area contributed by atoms with Gasteiger partial charge in [0.2, 0.25) is 23.6 Å². The van der Waals surface area contributed by atoms with Gasteiger partial charge >= 0.3 is 5.97 Å². The second-order valence-corrected chi connectivity index (χ2v) is 12.7. The monoisotopic (exact) mass is 706 g/mol. The number of amides is 4. The highest BCUT2D eigenvalue weighted by Gasteiger charge is 2.32. The van der Waals surface area contributed by atoms with Crippen molar-refractivity contribution in [2.75, 3.05) is 19.6 Å². The maximum absolute atomic E-state index is 13.8. The second kappa shape index (κ2) is 23.8. The van der Waals surface area contributed by atoms with Crippen molar-refractivity contribution in [1.29, 1.82) is 0 Å². The van der Waals surface area contributed by atoms with E-state index in [1.54, 1.807) is 12.1 Å². The predicted molar refractivity (Wildman–Crippen MR) is 190 cm³/mol. The molecule has 17 heteroatoms. The standard InChI is InChI=1S/C33H58N10O7/c1-20(2)18-26(42-28(45)23(36)8-7-17-39-33(37)38)30(47)40-24(9-3-5-15-34)29(46)43-27(19-21-11-13-22(44)14-12-21)31(48)41-25(32(49)50)10-4-6-16-35/h11-14,20,23-27,44H,3-10,15-19,34-36H2,1-2H3,(H,40,47)(H,41,48)(H,42,45)(H,43,46)(H,49,50)(H4,37,38,39)/t23-,24-,25-,26-,27-/m0/s1. The van der Waals surface area contributed by atoms with Crippen molar-refractivity contribution in [1.82, 2.24) is 21.3 Å². The Morgan fingerprint density at radius 1 is 0.700 bits per heavy atom. The summed E-state index contributed by atoms with van der Waals surface area (Å²) in [7, 11) is 0. The third-order valence-electron chi connectivity index (χ3n) is 7.80. The summed E-state index contributed by atoms with van der Waals surface area (Å²) >= 11 is 0. The number of carboxylic acids is 1. The number of hydrogen-bond donors (Lipinski definition) is 11. The largest absolute Gasteiger partial charge is 0.508 e. The van der Waals surface area contributed by atoms with Gasteiger partial charge in [-0.05, 0) is 94.5 Å². The Balaban J connectivity index is 3.23. The minimum atomic E-state index is -1.24. The Kier molecular flexibility index (Phi) is 20.7. The van der Waals surface area contributed by atoms with Crippen LogP contribution in [0.4, 0.5) is 0 Å². The molecule has 0 radical (unpaired) electrons. The number of benzene rings is 1. The molecule has 0 aliphatic carbocycles. The molecule has 16 N–H and O–H groups in total. The average molecular weight is 707 g/mol. The fraction of sp³-hybridized carbons (Fsp3) is 0.636. The molecule has 0 saturated heterocycles. The number of aromatic hydroxyl groups is 1. The van der Waals surface area contributed by atoms with Gasteiger partial charge in [-0.15, -0.1) is 0 Å². The van der Waals surface area contributed by atoms with Gasteiger partial charge in [0.15, 0.2) is 5.96 Å². The van der Waals surface area contributed by atoms with E-state index >= 15 is 0 Å². The van der Waals surface area contributed by atoms with Crippen molar-refractivity contribution in [3.05, 3.63) is 29.8 Å². The number of guanidine groups is 1. The lowest BCUT2D eigenvalue weighted by atomic mass is 10.00. The van der Waals surface area contributed by atoms with E-state index in [0.29, 0.717) is 50.8 Å². The van der Waals surface area contributed by atoms with E-state index in [9.17, 15) is 34.2 Å². The van der Waals surface area contributed by atoms with Crippen LogP contribution < -0.4 is 49.9 Å². The van der Waals surface area contributed by atoms with Gasteiger partial charge in [-0.2, -0.15) is 0 Å². The highest BCUT2D eigenvalue weighted by atomic mass is 16.4. The average Bonchev–Trinajstić information content (AvgIpc) is 3.05. The molecule has 0 aliphatic rings. The van der Waals surface area contributed by atoms with Gasteiger partial charge in [0.25, 0.3) is 0 Å². The number of phenols is 1. The first-order chi connectivity index (χ1) is 23.7. The maximum Gasteiger partial charge on any atom is 0.326 e. The van der Waals surface area contributed by atoms with Crippen LogP contribution in [0.5, 0.6) is 5.75 Å². The number of carboxylic acid groups (broad SMARTS) is 1. The van der Waals surface area contributed by atoms with E-state index in [4.69, 9.17) is 28.7 Å². The zero-order valence-corrected chi connectivity index (χ0v) is 29.2. The zero-order valence-electron chi connectivity index (χ0n) is 29.2. The highest BCUT2D eigenvalue weighted by Crippen LogP contribution is 2.13. The van der Waals surface area contributed by atoms with E-state index in [2.05, 4.69) is 26.3 Å². The minimum Gasteiger partial charge on any atom is -0.508 e. The Labute approximate surface area is 293 Å². The quantitative estimate of drug-likeness (QED) is 0.0319. The molecule has 0 bridgehead atoms. The molecule has 0 unspecified atom stereocenters. The molecule has 0 aromatic heterocycles. The highest BCUT2D eigenvalue weighted by molar-refractivity contribution is 5.95. The van der Waals surface area contributed by atoms with Crippen molar-refractivity contribution in [2.24, 2.45) is 39.6 Å². The molecule has 282 valence electrons. The number of carbonyl (C=O) groups is 5. The lowest BCUT2D eigenvalue weighted by Crippen LogP contribution is -2.59. The number of carbonyl (C=O) groups excluding carboxylic acids is 4. The smallest absolute Gasteiger partial charge is 0.326 e. The Hall–Kier alpha value is -4.48. The normalized spacial score (nSPS) is 14.0. The summed E-state index contributed by atoms with van der Waals surface area (Å²) in [6.07, 6.45) is 3.29. The molecule has 5 atom stereocenters. The third kappa shape index (κ3) is 17.8. The summed E-state index contributed by atoms with van der Waals surface area (Å²) in [5.74, 6) is -3.91. The number of nitrogens with one attached hydrogen (secondary N) is 4. The van der Waals surface area contributed by atoms with Crippen LogP contribution in [0.15, 0.2) is 29.3 Å². The Morgan fingerprint density at radius 3 is 1.74 bits per heavy atom. The number of nitrogens with zero attached hydrogens (tertiary/aromatic N) is 1. The summed E-state index contributed by atoms with van der Waals surface area (Å²) < 4.78 is 0. The summed E-state index contributed by atoms with van der Waals surface area (Å²) in [5.41, 5.74) is 28.5. The van der Waals surface area contributed by atoms with Crippen LogP contribution in [-0.2, 0) is 30.4 Å². The molecule has 0 saturated carbocycles. The van der Waals surface area contributed by atoms with Crippen molar-refractivity contribution >= 4 is 35.6 Å². The molecule has 0 heterocycles. The molecular formula is C33H58N10O7. The van der Waals surface area contributed by atoms with Gasteiger partial charge < -0.3 is 60.1 Å². The van der Waals surface area contributed by atoms with E-state index in [0.717, 1.165) is 0 Å². The van der Waals surface area contributed by atoms with Crippen LogP contribution in [0.25, 0.3) is 0 Å². The van der Waals surface area contributed by atoms with Gasteiger partial charge in [-0.3, -0.25) is 24.2 Å². The first-order valence-corrected chi connectivity index (χ1v) is 17.1. The number of phenolic OH excluding ortho intramolecular Hbond substituents is 1. The Morgan fingerprint density at radius 2 is 1.20 bits per heavy atom. The summed E-state index contributed by atoms with van der Waals surface area (Å²) in [6.45, 7) is 4.75. The summed E-state index contributed by atoms with van der Waals surface area (Å²) in [6, 6.07) is 0.473. The van der Waals surface area contributed by atoms with E-state index in [1.165, 1.54) is 12.1 Å². The minimum absolute atomic E-state index is 0.00209. The zero-order chi connectivity index (χ0) is 37.6. The number of nitrogens with two attached hydrogens (primary N) is 5. The van der Waals surface area contributed by atoms with Crippen molar-refractivity contribution in [3.8, 4) is 5.75 Å². The van der Waals surface area contributed by atoms with E-state index in [1.807, 2.05) is 13.8 Å². The third-order valence-corrected chi connectivity index (χ3v) is 7.80. The van der Waals surface area contributed by atoms with E-state index in [-0.39, 0.29) is 56.3 Å². The lowest BCUT2D eigenvalue weighted by Gasteiger charge is -2.27. The summed E-state index contributed by atoms with van der Waals surface area (Å²) in [5, 5.41) is 30.1. The molecule has 1 rings (SSSR count). The molecule has 1 aromatic rings. The van der Waals surface area contributed by atoms with Crippen LogP contribution in [0, 0.1) is 5.92 Å². The van der Waals surface area contributed by atoms with Gasteiger partial charge in [0.1, 0.15) is 29.9 Å². The molecule has 0 fully saturated rings. The molecule has 1 aromatic carbocycles. The number of unbranched alkanes of at least 4 members (excludes halogenated alkanes) is 2. The SMILES string of the molecule is CC(C)C[C@H](NC(=O)[C@@H](N)CCCN=C(N)N)C(=O)N[C@@H](CCCCN)C(=O)N[C@@H](Cc1ccc(O)cc1)C(=O)N[C@@H](CCCCN)C(=O)O. The van der Waals surface area contributed by atoms with Gasteiger partial charge in [-0.1, -0.05) is 26.0 Å². The van der Waals surface area contributed by atoms with Crippen LogP contribution in [0.3, 0.4) is 0 Å². The van der Waals surface area contributed by atoms with Crippen molar-refractivity contribution in [2.45, 2.75) is 108 Å². The molecular weight excluding hydrogens is 648 g/mol. The van der Waals surface area contributed by atoms with Gasteiger partial charge in [0, 0.05) is 13.0 Å². The molecule has 0 spiro atoms. The second-order valence-electron chi connectivity index (χ2n) is 12.7. The predicted octanol–water partition coefficient (Wildman–Crippen LogP) is -1.36. The first kappa shape index (κ1) is 43.5.